The number of halogens is 4. The van der Waals surface area contributed by atoms with E-state index in [1.807, 2.05) is 6.07 Å². The third-order valence-electron chi connectivity index (χ3n) is 6.45. The molecule has 0 amide bonds. The van der Waals surface area contributed by atoms with E-state index >= 15 is 0 Å². The Morgan fingerprint density at radius 2 is 1.86 bits per heavy atom. The molecule has 0 radical (unpaired) electrons. The van der Waals surface area contributed by atoms with Crippen LogP contribution in [-0.2, 0) is 7.05 Å². The minimum absolute atomic E-state index is 0.0830. The standard InChI is InChI=1S/C24H23F4N5O2/c1-13-12-33(23(24(26,27)28)17-6-5-16(34)8-18(17)25)14(2)11-32(13)20-9-21(35)31(3)19-7-4-15(10-29)30-22(19)20/h4-9,13-14,23,34H,11-12H2,1-3H3/t13-,14+,23?/m0/s1. The van der Waals surface area contributed by atoms with Gasteiger partial charge in [-0.3, -0.25) is 9.69 Å². The molecule has 1 aliphatic rings. The molecule has 7 nitrogen and oxygen atoms in total. The summed E-state index contributed by atoms with van der Waals surface area (Å²) < 4.78 is 58.5. The third kappa shape index (κ3) is 4.41. The molecular formula is C24H23F4N5O2. The summed E-state index contributed by atoms with van der Waals surface area (Å²) in [5.74, 6) is -1.60. The molecule has 0 spiro atoms. The van der Waals surface area contributed by atoms with Gasteiger partial charge >= 0.3 is 6.18 Å². The average molecular weight is 489 g/mol. The van der Waals surface area contributed by atoms with Crippen LogP contribution in [0.3, 0.4) is 0 Å². The first kappa shape index (κ1) is 24.5. The van der Waals surface area contributed by atoms with Crippen molar-refractivity contribution < 1.29 is 22.7 Å². The van der Waals surface area contributed by atoms with Gasteiger partial charge in [0.2, 0.25) is 0 Å². The number of hydrogen-bond donors (Lipinski definition) is 1. The fourth-order valence-electron chi connectivity index (χ4n) is 4.72. The van der Waals surface area contributed by atoms with E-state index in [-0.39, 0.29) is 24.3 Å². The predicted octanol–water partition coefficient (Wildman–Crippen LogP) is 3.85. The van der Waals surface area contributed by atoms with Crippen molar-refractivity contribution in [3.8, 4) is 11.8 Å². The fourth-order valence-corrected chi connectivity index (χ4v) is 4.72. The third-order valence-corrected chi connectivity index (χ3v) is 6.45. The van der Waals surface area contributed by atoms with Crippen molar-refractivity contribution in [2.45, 2.75) is 38.1 Å². The van der Waals surface area contributed by atoms with Crippen molar-refractivity contribution in [1.82, 2.24) is 14.5 Å². The maximum atomic E-state index is 14.5. The van der Waals surface area contributed by atoms with Gasteiger partial charge in [0.1, 0.15) is 34.9 Å². The second-order valence-corrected chi connectivity index (χ2v) is 8.80. The number of hydrogen-bond acceptors (Lipinski definition) is 6. The minimum atomic E-state index is -4.77. The highest BCUT2D eigenvalue weighted by atomic mass is 19.4. The van der Waals surface area contributed by atoms with Crippen molar-refractivity contribution in [3.05, 3.63) is 63.8 Å². The van der Waals surface area contributed by atoms with Crippen LogP contribution in [0.1, 0.15) is 31.1 Å². The first-order valence-electron chi connectivity index (χ1n) is 10.9. The molecule has 2 aromatic heterocycles. The van der Waals surface area contributed by atoms with E-state index in [1.54, 1.807) is 31.9 Å². The van der Waals surface area contributed by atoms with Crippen molar-refractivity contribution in [3.63, 3.8) is 0 Å². The minimum Gasteiger partial charge on any atom is -0.508 e. The molecule has 3 heterocycles. The number of aromatic nitrogens is 2. The number of fused-ring (bicyclic) bond motifs is 1. The average Bonchev–Trinajstić information content (AvgIpc) is 2.79. The van der Waals surface area contributed by atoms with Crippen molar-refractivity contribution >= 4 is 16.7 Å². The summed E-state index contributed by atoms with van der Waals surface area (Å²) in [6, 6.07) is 5.70. The Morgan fingerprint density at radius 3 is 2.49 bits per heavy atom. The molecule has 35 heavy (non-hydrogen) atoms. The summed E-state index contributed by atoms with van der Waals surface area (Å²) in [6.07, 6.45) is -4.77. The van der Waals surface area contributed by atoms with Crippen molar-refractivity contribution in [2.75, 3.05) is 18.0 Å². The molecule has 3 atom stereocenters. The van der Waals surface area contributed by atoms with Crippen LogP contribution in [0, 0.1) is 17.1 Å². The lowest BCUT2D eigenvalue weighted by atomic mass is 9.98. The molecule has 1 fully saturated rings. The zero-order chi connectivity index (χ0) is 25.7. The first-order chi connectivity index (χ1) is 16.4. The summed E-state index contributed by atoms with van der Waals surface area (Å²) in [6.45, 7) is 3.35. The first-order valence-corrected chi connectivity index (χ1v) is 10.9. The van der Waals surface area contributed by atoms with Gasteiger partial charge < -0.3 is 14.6 Å². The van der Waals surface area contributed by atoms with Crippen LogP contribution in [0.25, 0.3) is 11.0 Å². The van der Waals surface area contributed by atoms with Gasteiger partial charge in [0, 0.05) is 49.9 Å². The summed E-state index contributed by atoms with van der Waals surface area (Å²) in [5, 5.41) is 18.7. The number of aryl methyl sites for hydroxylation is 1. The van der Waals surface area contributed by atoms with E-state index in [1.165, 1.54) is 21.6 Å². The van der Waals surface area contributed by atoms with Gasteiger partial charge in [-0.2, -0.15) is 18.4 Å². The number of pyridine rings is 2. The van der Waals surface area contributed by atoms with Gasteiger partial charge in [0.05, 0.1) is 11.2 Å². The predicted molar refractivity (Wildman–Crippen MR) is 122 cm³/mol. The SMILES string of the molecule is C[C@@H]1CN(c2cc(=O)n(C)c3ccc(C#N)nc23)[C@@H](C)CN1C(c1ccc(O)cc1F)C(F)(F)F. The summed E-state index contributed by atoms with van der Waals surface area (Å²) in [7, 11) is 1.58. The Balaban J connectivity index is 1.76. The Bertz CT molecular complexity index is 1380. The number of aromatic hydroxyl groups is 1. The van der Waals surface area contributed by atoms with E-state index in [4.69, 9.17) is 0 Å². The number of nitriles is 1. The normalized spacial score (nSPS) is 20.1. The van der Waals surface area contributed by atoms with Crippen LogP contribution in [0.5, 0.6) is 5.75 Å². The fraction of sp³-hybridized carbons (Fsp3) is 0.375. The number of rotatable bonds is 3. The lowest BCUT2D eigenvalue weighted by Gasteiger charge is -2.48. The molecule has 1 saturated heterocycles. The van der Waals surface area contributed by atoms with E-state index in [9.17, 15) is 32.7 Å². The van der Waals surface area contributed by atoms with Crippen LogP contribution in [-0.4, -0.2) is 50.9 Å². The highest BCUT2D eigenvalue weighted by molar-refractivity contribution is 5.89. The monoisotopic (exact) mass is 489 g/mol. The van der Waals surface area contributed by atoms with Crippen molar-refractivity contribution in [1.29, 1.82) is 5.26 Å². The van der Waals surface area contributed by atoms with Crippen LogP contribution in [0.4, 0.5) is 23.2 Å². The Labute approximate surface area is 198 Å². The highest BCUT2D eigenvalue weighted by Gasteiger charge is 2.49. The Morgan fingerprint density at radius 1 is 1.14 bits per heavy atom. The number of alkyl halides is 3. The molecule has 4 rings (SSSR count). The van der Waals surface area contributed by atoms with Crippen LogP contribution >= 0.6 is 0 Å². The highest BCUT2D eigenvalue weighted by Crippen LogP contribution is 2.42. The molecular weight excluding hydrogens is 466 g/mol. The van der Waals surface area contributed by atoms with Crippen LogP contribution < -0.4 is 10.5 Å². The topological polar surface area (TPSA) is 85.4 Å². The van der Waals surface area contributed by atoms with Gasteiger partial charge in [-0.25, -0.2) is 9.37 Å². The molecule has 0 bridgehead atoms. The number of piperazine rings is 1. The second-order valence-electron chi connectivity index (χ2n) is 8.80. The smallest absolute Gasteiger partial charge is 0.408 e. The van der Waals surface area contributed by atoms with Gasteiger partial charge in [0.25, 0.3) is 5.56 Å². The summed E-state index contributed by atoms with van der Waals surface area (Å²) in [5.41, 5.74) is 0.585. The van der Waals surface area contributed by atoms with Gasteiger partial charge in [0.15, 0.2) is 0 Å². The van der Waals surface area contributed by atoms with E-state index in [2.05, 4.69) is 4.98 Å². The zero-order valence-electron chi connectivity index (χ0n) is 19.2. The molecule has 0 aliphatic carbocycles. The number of benzene rings is 1. The summed E-state index contributed by atoms with van der Waals surface area (Å²) >= 11 is 0. The van der Waals surface area contributed by atoms with E-state index in [0.717, 1.165) is 12.1 Å². The van der Waals surface area contributed by atoms with E-state index in [0.29, 0.717) is 22.8 Å². The van der Waals surface area contributed by atoms with Gasteiger partial charge in [-0.15, -0.1) is 0 Å². The molecule has 11 heteroatoms. The van der Waals surface area contributed by atoms with Crippen LogP contribution in [0.15, 0.2) is 41.2 Å². The largest absolute Gasteiger partial charge is 0.508 e. The molecule has 3 aromatic rings. The van der Waals surface area contributed by atoms with Gasteiger partial charge in [-0.05, 0) is 32.0 Å². The molecule has 1 aliphatic heterocycles. The molecule has 1 N–H and O–H groups in total. The van der Waals surface area contributed by atoms with E-state index < -0.39 is 41.4 Å². The molecule has 184 valence electrons. The number of phenols is 1. The van der Waals surface area contributed by atoms with Gasteiger partial charge in [-0.1, -0.05) is 6.07 Å². The maximum absolute atomic E-state index is 14.5. The number of nitrogens with zero attached hydrogens (tertiary/aromatic N) is 5. The number of phenolic OH excluding ortho intramolecular Hbond substituents is 1. The lowest BCUT2D eigenvalue weighted by Crippen LogP contribution is -2.59. The molecule has 1 unspecified atom stereocenters. The maximum Gasteiger partial charge on any atom is 0.408 e. The molecule has 0 saturated carbocycles. The Kier molecular flexibility index (Phi) is 6.19. The van der Waals surface area contributed by atoms with Crippen molar-refractivity contribution in [2.24, 2.45) is 7.05 Å². The lowest BCUT2D eigenvalue weighted by molar-refractivity contribution is -0.194. The zero-order valence-corrected chi connectivity index (χ0v) is 19.2. The second kappa shape index (κ2) is 8.85. The quantitative estimate of drug-likeness (QED) is 0.563. The van der Waals surface area contributed by atoms with Crippen LogP contribution in [0.2, 0.25) is 0 Å². The molecule has 1 aromatic carbocycles. The number of anilines is 1. The Hall–Kier alpha value is -3.65. The summed E-state index contributed by atoms with van der Waals surface area (Å²) in [4.78, 5) is 20.0.